The molecule has 1 aliphatic heterocycles. The Kier molecular flexibility index (Phi) is 6.15. The molecule has 2 heterocycles. The van der Waals surface area contributed by atoms with Gasteiger partial charge in [0, 0.05) is 14.9 Å². The molecule has 1 fully saturated rings. The van der Waals surface area contributed by atoms with Crippen LogP contribution in [-0.4, -0.2) is 35.7 Å². The van der Waals surface area contributed by atoms with E-state index in [2.05, 4.69) is 44.4 Å². The molecule has 2 aromatic rings. The van der Waals surface area contributed by atoms with Crippen LogP contribution in [0.5, 0.6) is 5.75 Å². The molecule has 0 amide bonds. The number of carboxylic acids is 1. The second-order valence-corrected chi connectivity index (χ2v) is 8.08. The van der Waals surface area contributed by atoms with Gasteiger partial charge in [-0.1, -0.05) is 22.0 Å². The molecule has 1 aromatic heterocycles. The fraction of sp³-hybridized carbons (Fsp3) is 0.421. The summed E-state index contributed by atoms with van der Waals surface area (Å²) in [5.74, 6) is -0.0108. The van der Waals surface area contributed by atoms with Crippen molar-refractivity contribution >= 4 is 33.2 Å². The van der Waals surface area contributed by atoms with Crippen LogP contribution in [0.25, 0.3) is 0 Å². The van der Waals surface area contributed by atoms with Crippen LogP contribution in [-0.2, 0) is 4.79 Å². The summed E-state index contributed by atoms with van der Waals surface area (Å²) < 4.78 is 6.91. The largest absolute Gasteiger partial charge is 0.494 e. The van der Waals surface area contributed by atoms with Gasteiger partial charge in [-0.05, 0) is 62.5 Å². The summed E-state index contributed by atoms with van der Waals surface area (Å²) in [7, 11) is 0. The van der Waals surface area contributed by atoms with Gasteiger partial charge in [0.1, 0.15) is 5.75 Å². The Morgan fingerprint density at radius 1 is 1.40 bits per heavy atom. The van der Waals surface area contributed by atoms with Crippen molar-refractivity contribution in [2.24, 2.45) is 5.92 Å². The van der Waals surface area contributed by atoms with Gasteiger partial charge in [0.05, 0.1) is 18.6 Å². The first-order valence-corrected chi connectivity index (χ1v) is 10.2. The normalized spacial score (nSPS) is 17.4. The van der Waals surface area contributed by atoms with Crippen LogP contribution in [0, 0.1) is 5.92 Å². The van der Waals surface area contributed by atoms with E-state index in [4.69, 9.17) is 4.74 Å². The molecule has 0 aliphatic carbocycles. The number of ether oxygens (including phenoxy) is 1. The Morgan fingerprint density at radius 3 is 2.76 bits per heavy atom. The van der Waals surface area contributed by atoms with Crippen LogP contribution in [0.1, 0.15) is 36.2 Å². The number of hydrogen-bond donors (Lipinski definition) is 1. The summed E-state index contributed by atoms with van der Waals surface area (Å²) in [6.45, 7) is 4.16. The molecule has 25 heavy (non-hydrogen) atoms. The van der Waals surface area contributed by atoms with E-state index < -0.39 is 5.97 Å². The lowest BCUT2D eigenvalue weighted by Crippen LogP contribution is -2.39. The molecule has 134 valence electrons. The number of thiophene rings is 1. The fourth-order valence-electron chi connectivity index (χ4n) is 3.40. The number of hydrogen-bond acceptors (Lipinski definition) is 4. The Bertz CT molecular complexity index is 711. The average molecular weight is 424 g/mol. The van der Waals surface area contributed by atoms with Gasteiger partial charge < -0.3 is 9.84 Å². The Hall–Kier alpha value is -1.37. The molecule has 1 N–H and O–H groups in total. The third-order valence-electron chi connectivity index (χ3n) is 4.62. The number of piperidine rings is 1. The monoisotopic (exact) mass is 423 g/mol. The lowest BCUT2D eigenvalue weighted by Gasteiger charge is -2.37. The second kappa shape index (κ2) is 8.34. The first-order chi connectivity index (χ1) is 12.1. The minimum absolute atomic E-state index is 0.0915. The molecule has 6 heteroatoms. The highest BCUT2D eigenvalue weighted by atomic mass is 79.9. The minimum atomic E-state index is -0.676. The highest BCUT2D eigenvalue weighted by Gasteiger charge is 2.32. The Balaban J connectivity index is 1.95. The van der Waals surface area contributed by atoms with Gasteiger partial charge >= 0.3 is 5.97 Å². The summed E-state index contributed by atoms with van der Waals surface area (Å²) in [6.07, 6.45) is 1.38. The Morgan fingerprint density at radius 2 is 2.16 bits per heavy atom. The van der Waals surface area contributed by atoms with Gasteiger partial charge in [0.15, 0.2) is 0 Å². The smallest absolute Gasteiger partial charge is 0.306 e. The summed E-state index contributed by atoms with van der Waals surface area (Å²) in [5.41, 5.74) is 1.13. The van der Waals surface area contributed by atoms with E-state index in [1.165, 1.54) is 4.88 Å². The third-order valence-corrected chi connectivity index (χ3v) is 6.04. The highest BCUT2D eigenvalue weighted by molar-refractivity contribution is 9.10. The molecular weight excluding hydrogens is 402 g/mol. The van der Waals surface area contributed by atoms with Crippen molar-refractivity contribution in [1.82, 2.24) is 4.90 Å². The standard InChI is InChI=1S/C19H22BrNO3S/c1-2-24-16-6-5-14(20)12-15(16)18(17-4-3-11-25-17)21-9-7-13(8-10-21)19(22)23/h3-6,11-13,18H,2,7-10H2,1H3,(H,22,23). The maximum absolute atomic E-state index is 11.3. The van der Waals surface area contributed by atoms with E-state index in [0.29, 0.717) is 19.4 Å². The second-order valence-electron chi connectivity index (χ2n) is 6.18. The van der Waals surface area contributed by atoms with E-state index >= 15 is 0 Å². The fourth-order valence-corrected chi connectivity index (χ4v) is 4.66. The minimum Gasteiger partial charge on any atom is -0.494 e. The molecule has 1 atom stereocenters. The molecule has 0 radical (unpaired) electrons. The zero-order valence-corrected chi connectivity index (χ0v) is 16.6. The molecule has 0 bridgehead atoms. The van der Waals surface area contributed by atoms with Gasteiger partial charge in [0.25, 0.3) is 0 Å². The van der Waals surface area contributed by atoms with Crippen LogP contribution < -0.4 is 4.74 Å². The van der Waals surface area contributed by atoms with Crippen molar-refractivity contribution in [3.8, 4) is 5.75 Å². The number of carboxylic acid groups (broad SMARTS) is 1. The quantitative estimate of drug-likeness (QED) is 0.724. The van der Waals surface area contributed by atoms with Crippen LogP contribution in [0.3, 0.4) is 0 Å². The predicted octanol–water partition coefficient (Wildman–Crippen LogP) is 4.80. The molecule has 1 unspecified atom stereocenters. The summed E-state index contributed by atoms with van der Waals surface area (Å²) in [5, 5.41) is 11.4. The van der Waals surface area contributed by atoms with E-state index in [9.17, 15) is 9.90 Å². The third kappa shape index (κ3) is 4.25. The summed E-state index contributed by atoms with van der Waals surface area (Å²) in [4.78, 5) is 14.9. The maximum Gasteiger partial charge on any atom is 0.306 e. The van der Waals surface area contributed by atoms with Crippen LogP contribution in [0.2, 0.25) is 0 Å². The van der Waals surface area contributed by atoms with Crippen molar-refractivity contribution in [3.63, 3.8) is 0 Å². The van der Waals surface area contributed by atoms with Gasteiger partial charge in [0.2, 0.25) is 0 Å². The molecule has 3 rings (SSSR count). The molecular formula is C19H22BrNO3S. The van der Waals surface area contributed by atoms with Crippen molar-refractivity contribution in [3.05, 3.63) is 50.6 Å². The van der Waals surface area contributed by atoms with E-state index in [1.54, 1.807) is 11.3 Å². The SMILES string of the molecule is CCOc1ccc(Br)cc1C(c1cccs1)N1CCC(C(=O)O)CC1. The first kappa shape index (κ1) is 18.4. The number of nitrogens with zero attached hydrogens (tertiary/aromatic N) is 1. The van der Waals surface area contributed by atoms with Gasteiger partial charge in [-0.25, -0.2) is 0 Å². The van der Waals surface area contributed by atoms with E-state index in [0.717, 1.165) is 28.9 Å². The van der Waals surface area contributed by atoms with Crippen LogP contribution >= 0.6 is 27.3 Å². The van der Waals surface area contributed by atoms with Crippen molar-refractivity contribution in [2.75, 3.05) is 19.7 Å². The molecule has 1 saturated heterocycles. The number of aliphatic carboxylic acids is 1. The molecule has 0 saturated carbocycles. The van der Waals surface area contributed by atoms with E-state index in [-0.39, 0.29) is 12.0 Å². The topological polar surface area (TPSA) is 49.8 Å². The van der Waals surface area contributed by atoms with Crippen LogP contribution in [0.15, 0.2) is 40.2 Å². The van der Waals surface area contributed by atoms with Crippen molar-refractivity contribution in [1.29, 1.82) is 0 Å². The van der Waals surface area contributed by atoms with Gasteiger partial charge in [-0.2, -0.15) is 0 Å². The first-order valence-electron chi connectivity index (χ1n) is 8.52. The molecule has 1 aromatic carbocycles. The summed E-state index contributed by atoms with van der Waals surface area (Å²) in [6, 6.07) is 10.4. The maximum atomic E-state index is 11.3. The zero-order valence-electron chi connectivity index (χ0n) is 14.2. The number of rotatable bonds is 6. The van der Waals surface area contributed by atoms with Crippen molar-refractivity contribution < 1.29 is 14.6 Å². The molecule has 0 spiro atoms. The lowest BCUT2D eigenvalue weighted by molar-refractivity contribution is -0.143. The Labute approximate surface area is 160 Å². The van der Waals surface area contributed by atoms with Gasteiger partial charge in [-0.15, -0.1) is 11.3 Å². The van der Waals surface area contributed by atoms with E-state index in [1.807, 2.05) is 19.1 Å². The molecule has 1 aliphatic rings. The summed E-state index contributed by atoms with van der Waals surface area (Å²) >= 11 is 5.31. The zero-order chi connectivity index (χ0) is 17.8. The number of carbonyl (C=O) groups is 1. The van der Waals surface area contributed by atoms with Crippen LogP contribution in [0.4, 0.5) is 0 Å². The predicted molar refractivity (Wildman–Crippen MR) is 103 cm³/mol. The number of likely N-dealkylation sites (tertiary alicyclic amines) is 1. The number of benzene rings is 1. The average Bonchev–Trinajstić information content (AvgIpc) is 3.12. The van der Waals surface area contributed by atoms with Crippen molar-refractivity contribution in [2.45, 2.75) is 25.8 Å². The number of halogens is 1. The molecule has 4 nitrogen and oxygen atoms in total. The van der Waals surface area contributed by atoms with Gasteiger partial charge in [-0.3, -0.25) is 9.69 Å². The highest BCUT2D eigenvalue weighted by Crippen LogP contribution is 2.40. The lowest BCUT2D eigenvalue weighted by atomic mass is 9.93.